The van der Waals surface area contributed by atoms with Crippen LogP contribution in [0.3, 0.4) is 0 Å². The van der Waals surface area contributed by atoms with Crippen molar-refractivity contribution in [3.8, 4) is 0 Å². The topological polar surface area (TPSA) is 68.0 Å². The lowest BCUT2D eigenvalue weighted by molar-refractivity contribution is 0.0689. The molecule has 2 rings (SSSR count). The van der Waals surface area contributed by atoms with Gasteiger partial charge in [-0.25, -0.2) is 9.48 Å². The third kappa shape index (κ3) is 3.55. The minimum absolute atomic E-state index is 0.125. The van der Waals surface area contributed by atoms with Crippen LogP contribution in [0.15, 0.2) is 0 Å². The number of carboxylic acids is 1. The highest BCUT2D eigenvalue weighted by molar-refractivity contribution is 5.86. The Morgan fingerprint density at radius 2 is 2.11 bits per heavy atom. The molecule has 1 N–H and O–H groups in total. The molecule has 1 saturated carbocycles. The van der Waals surface area contributed by atoms with Crippen LogP contribution in [0.25, 0.3) is 0 Å². The summed E-state index contributed by atoms with van der Waals surface area (Å²) in [4.78, 5) is 11.2. The molecule has 0 bridgehead atoms. The van der Waals surface area contributed by atoms with Crippen LogP contribution in [0.5, 0.6) is 0 Å². The minimum Gasteiger partial charge on any atom is -0.476 e. The van der Waals surface area contributed by atoms with E-state index in [1.165, 1.54) is 25.7 Å². The van der Waals surface area contributed by atoms with E-state index in [2.05, 4.69) is 24.2 Å². The molecule has 5 heteroatoms. The van der Waals surface area contributed by atoms with Crippen molar-refractivity contribution in [3.63, 3.8) is 0 Å². The van der Waals surface area contributed by atoms with Gasteiger partial charge in [0.1, 0.15) is 0 Å². The average Bonchev–Trinajstić information content (AvgIpc) is 2.94. The summed E-state index contributed by atoms with van der Waals surface area (Å²) >= 11 is 0. The van der Waals surface area contributed by atoms with Gasteiger partial charge in [-0.1, -0.05) is 44.7 Å². The molecule has 0 amide bonds. The third-order valence-corrected chi connectivity index (χ3v) is 3.87. The largest absolute Gasteiger partial charge is 0.476 e. The molecule has 1 aliphatic carbocycles. The smallest absolute Gasteiger partial charge is 0.358 e. The Balaban J connectivity index is 2.07. The number of aromatic nitrogens is 3. The summed E-state index contributed by atoms with van der Waals surface area (Å²) in [5, 5.41) is 17.0. The molecule has 0 aliphatic heterocycles. The maximum absolute atomic E-state index is 11.2. The molecule has 1 fully saturated rings. The van der Waals surface area contributed by atoms with Gasteiger partial charge in [0, 0.05) is 6.54 Å². The lowest BCUT2D eigenvalue weighted by atomic mass is 10.0. The molecule has 106 valence electrons. The van der Waals surface area contributed by atoms with Gasteiger partial charge in [-0.15, -0.1) is 5.10 Å². The van der Waals surface area contributed by atoms with Gasteiger partial charge in [0.05, 0.1) is 5.69 Å². The van der Waals surface area contributed by atoms with E-state index < -0.39 is 5.97 Å². The number of aryl methyl sites for hydroxylation is 1. The number of aromatic carboxylic acids is 1. The summed E-state index contributed by atoms with van der Waals surface area (Å²) in [6.45, 7) is 4.97. The van der Waals surface area contributed by atoms with E-state index in [-0.39, 0.29) is 5.69 Å². The standard InChI is InChI=1S/C14H23N3O2/c1-10(2)9-12-13(14(18)19)15-16-17(12)8-7-11-5-3-4-6-11/h10-11H,3-9H2,1-2H3,(H,18,19). The van der Waals surface area contributed by atoms with Gasteiger partial charge in [0.15, 0.2) is 5.69 Å². The van der Waals surface area contributed by atoms with Gasteiger partial charge in [-0.2, -0.15) is 0 Å². The van der Waals surface area contributed by atoms with Crippen molar-refractivity contribution >= 4 is 5.97 Å². The van der Waals surface area contributed by atoms with Crippen molar-refractivity contribution in [3.05, 3.63) is 11.4 Å². The van der Waals surface area contributed by atoms with Gasteiger partial charge < -0.3 is 5.11 Å². The van der Waals surface area contributed by atoms with Crippen LogP contribution in [0, 0.1) is 11.8 Å². The van der Waals surface area contributed by atoms with Crippen molar-refractivity contribution in [1.29, 1.82) is 0 Å². The Labute approximate surface area is 114 Å². The molecule has 1 aromatic heterocycles. The second-order valence-electron chi connectivity index (χ2n) is 5.95. The molecule has 0 aromatic carbocycles. The van der Waals surface area contributed by atoms with E-state index in [1.54, 1.807) is 0 Å². The molecule has 0 unspecified atom stereocenters. The Kier molecular flexibility index (Phi) is 4.56. The maximum atomic E-state index is 11.2. The first-order valence-electron chi connectivity index (χ1n) is 7.23. The van der Waals surface area contributed by atoms with Crippen molar-refractivity contribution in [2.75, 3.05) is 0 Å². The molecule has 0 radical (unpaired) electrons. The fraction of sp³-hybridized carbons (Fsp3) is 0.786. The van der Waals surface area contributed by atoms with Gasteiger partial charge in [-0.05, 0) is 24.7 Å². The first kappa shape index (κ1) is 14.0. The summed E-state index contributed by atoms with van der Waals surface area (Å²) in [7, 11) is 0. The summed E-state index contributed by atoms with van der Waals surface area (Å²) in [5.41, 5.74) is 0.903. The lowest BCUT2D eigenvalue weighted by Gasteiger charge is -2.12. The van der Waals surface area contributed by atoms with Crippen LogP contribution in [0.4, 0.5) is 0 Å². The second kappa shape index (κ2) is 6.17. The molecule has 19 heavy (non-hydrogen) atoms. The Hall–Kier alpha value is -1.39. The summed E-state index contributed by atoms with van der Waals surface area (Å²) in [6.07, 6.45) is 7.09. The predicted octanol–water partition coefficient (Wildman–Crippen LogP) is 2.76. The van der Waals surface area contributed by atoms with Crippen LogP contribution in [0.2, 0.25) is 0 Å². The van der Waals surface area contributed by atoms with Crippen molar-refractivity contribution in [2.24, 2.45) is 11.8 Å². The Morgan fingerprint density at radius 1 is 1.42 bits per heavy atom. The average molecular weight is 265 g/mol. The molecule has 1 aromatic rings. The molecule has 0 saturated heterocycles. The zero-order chi connectivity index (χ0) is 13.8. The zero-order valence-electron chi connectivity index (χ0n) is 11.8. The normalized spacial score (nSPS) is 16.4. The highest BCUT2D eigenvalue weighted by atomic mass is 16.4. The summed E-state index contributed by atoms with van der Waals surface area (Å²) < 4.78 is 1.81. The summed E-state index contributed by atoms with van der Waals surface area (Å²) in [6, 6.07) is 0. The van der Waals surface area contributed by atoms with Crippen LogP contribution < -0.4 is 0 Å². The SMILES string of the molecule is CC(C)Cc1c(C(=O)O)nnn1CCC1CCCC1. The number of carbonyl (C=O) groups is 1. The third-order valence-electron chi connectivity index (χ3n) is 3.87. The van der Waals surface area contributed by atoms with Gasteiger partial charge in [0.25, 0.3) is 0 Å². The number of nitrogens with zero attached hydrogens (tertiary/aromatic N) is 3. The van der Waals surface area contributed by atoms with E-state index in [1.807, 2.05) is 4.68 Å². The second-order valence-corrected chi connectivity index (χ2v) is 5.95. The predicted molar refractivity (Wildman–Crippen MR) is 72.1 cm³/mol. The Morgan fingerprint density at radius 3 is 2.68 bits per heavy atom. The van der Waals surface area contributed by atoms with Crippen LogP contribution in [-0.4, -0.2) is 26.1 Å². The van der Waals surface area contributed by atoms with Crippen molar-refractivity contribution in [2.45, 2.75) is 58.9 Å². The number of rotatable bonds is 6. The van der Waals surface area contributed by atoms with Crippen molar-refractivity contribution in [1.82, 2.24) is 15.0 Å². The highest BCUT2D eigenvalue weighted by Crippen LogP contribution is 2.28. The fourth-order valence-corrected chi connectivity index (χ4v) is 2.87. The quantitative estimate of drug-likeness (QED) is 0.858. The van der Waals surface area contributed by atoms with Gasteiger partial charge >= 0.3 is 5.97 Å². The van der Waals surface area contributed by atoms with Crippen LogP contribution >= 0.6 is 0 Å². The highest BCUT2D eigenvalue weighted by Gasteiger charge is 2.21. The maximum Gasteiger partial charge on any atom is 0.358 e. The van der Waals surface area contributed by atoms with Gasteiger partial charge in [0.2, 0.25) is 0 Å². The fourth-order valence-electron chi connectivity index (χ4n) is 2.87. The number of hydrogen-bond acceptors (Lipinski definition) is 3. The summed E-state index contributed by atoms with van der Waals surface area (Å²) in [5.74, 6) is 0.217. The molecular weight excluding hydrogens is 242 g/mol. The van der Waals surface area contributed by atoms with E-state index in [9.17, 15) is 4.79 Å². The van der Waals surface area contributed by atoms with Crippen LogP contribution in [-0.2, 0) is 13.0 Å². The molecule has 1 aliphatic rings. The van der Waals surface area contributed by atoms with Crippen molar-refractivity contribution < 1.29 is 9.90 Å². The van der Waals surface area contributed by atoms with E-state index >= 15 is 0 Å². The van der Waals surface area contributed by atoms with E-state index in [0.29, 0.717) is 5.92 Å². The molecular formula is C14H23N3O2. The molecule has 5 nitrogen and oxygen atoms in total. The van der Waals surface area contributed by atoms with E-state index in [4.69, 9.17) is 5.11 Å². The van der Waals surface area contributed by atoms with E-state index in [0.717, 1.165) is 31.0 Å². The number of hydrogen-bond donors (Lipinski definition) is 1. The monoisotopic (exact) mass is 265 g/mol. The molecule has 1 heterocycles. The first-order chi connectivity index (χ1) is 9.08. The van der Waals surface area contributed by atoms with Crippen LogP contribution in [0.1, 0.15) is 62.1 Å². The minimum atomic E-state index is -0.970. The molecule has 0 spiro atoms. The van der Waals surface area contributed by atoms with Gasteiger partial charge in [-0.3, -0.25) is 0 Å². The lowest BCUT2D eigenvalue weighted by Crippen LogP contribution is -2.12. The Bertz CT molecular complexity index is 434. The molecule has 0 atom stereocenters. The first-order valence-corrected chi connectivity index (χ1v) is 7.23. The zero-order valence-corrected chi connectivity index (χ0v) is 11.8. The number of carboxylic acid groups (broad SMARTS) is 1.